The lowest BCUT2D eigenvalue weighted by atomic mass is 10.0. The van der Waals surface area contributed by atoms with Crippen LogP contribution in [0.2, 0.25) is 0 Å². The van der Waals surface area contributed by atoms with Crippen molar-refractivity contribution in [2.24, 2.45) is 10.7 Å². The van der Waals surface area contributed by atoms with Crippen LogP contribution < -0.4 is 11.1 Å². The standard InChI is InChI=1S/C18H19N5O/c1-2-7-20-18(24)14-9-12-5-6-13(15-4-3-8-21-23-15)10-16(12)22-17(19)11-14/h3-6,8-10H,2,7,11H2,1H3,(H2,19,22)(H,20,24). The molecular weight excluding hydrogens is 302 g/mol. The number of hydrogen-bond acceptors (Lipinski definition) is 5. The van der Waals surface area contributed by atoms with Crippen molar-refractivity contribution in [1.82, 2.24) is 15.5 Å². The van der Waals surface area contributed by atoms with Crippen molar-refractivity contribution < 1.29 is 4.79 Å². The van der Waals surface area contributed by atoms with Crippen LogP contribution in [-0.4, -0.2) is 28.5 Å². The normalized spacial score (nSPS) is 13.4. The van der Waals surface area contributed by atoms with E-state index in [4.69, 9.17) is 5.73 Å². The first-order chi connectivity index (χ1) is 11.7. The van der Waals surface area contributed by atoms with Crippen molar-refractivity contribution in [3.05, 3.63) is 47.7 Å². The summed E-state index contributed by atoms with van der Waals surface area (Å²) in [4.78, 5) is 16.7. The molecule has 122 valence electrons. The highest BCUT2D eigenvalue weighted by Gasteiger charge is 2.16. The molecule has 1 aliphatic heterocycles. The maximum atomic E-state index is 12.2. The molecule has 24 heavy (non-hydrogen) atoms. The van der Waals surface area contributed by atoms with Crippen molar-refractivity contribution >= 4 is 23.5 Å². The molecule has 1 aromatic heterocycles. The Bertz CT molecular complexity index is 811. The number of amides is 1. The molecule has 0 unspecified atom stereocenters. The zero-order chi connectivity index (χ0) is 16.9. The summed E-state index contributed by atoms with van der Waals surface area (Å²) >= 11 is 0. The highest BCUT2D eigenvalue weighted by molar-refractivity contribution is 6.05. The molecule has 2 heterocycles. The highest BCUT2D eigenvalue weighted by Crippen LogP contribution is 2.30. The van der Waals surface area contributed by atoms with E-state index in [0.29, 0.717) is 24.4 Å². The van der Waals surface area contributed by atoms with Crippen LogP contribution in [0.4, 0.5) is 5.69 Å². The number of benzene rings is 1. The summed E-state index contributed by atoms with van der Waals surface area (Å²) in [5, 5.41) is 10.9. The molecule has 3 rings (SSSR count). The van der Waals surface area contributed by atoms with Gasteiger partial charge in [-0.25, -0.2) is 4.99 Å². The molecule has 2 aromatic rings. The average Bonchev–Trinajstić information content (AvgIpc) is 2.77. The Balaban J connectivity index is 1.97. The number of aliphatic imine (C=N–C) groups is 1. The highest BCUT2D eigenvalue weighted by atomic mass is 16.1. The largest absolute Gasteiger partial charge is 0.387 e. The Morgan fingerprint density at radius 3 is 2.96 bits per heavy atom. The first-order valence-corrected chi connectivity index (χ1v) is 7.91. The number of aromatic nitrogens is 2. The molecule has 0 saturated heterocycles. The first kappa shape index (κ1) is 15.9. The average molecular weight is 321 g/mol. The number of carbonyl (C=O) groups excluding carboxylic acids is 1. The number of nitrogens with two attached hydrogens (primary N) is 1. The summed E-state index contributed by atoms with van der Waals surface area (Å²) in [6, 6.07) is 9.50. The van der Waals surface area contributed by atoms with E-state index in [1.165, 1.54) is 0 Å². The predicted molar refractivity (Wildman–Crippen MR) is 94.6 cm³/mol. The molecule has 0 aliphatic carbocycles. The Labute approximate surface area is 140 Å². The number of rotatable bonds is 4. The molecule has 6 heteroatoms. The summed E-state index contributed by atoms with van der Waals surface area (Å²) in [7, 11) is 0. The minimum atomic E-state index is -0.0964. The molecule has 0 spiro atoms. The van der Waals surface area contributed by atoms with Gasteiger partial charge in [-0.3, -0.25) is 4.79 Å². The van der Waals surface area contributed by atoms with Crippen LogP contribution in [-0.2, 0) is 4.79 Å². The van der Waals surface area contributed by atoms with Gasteiger partial charge in [-0.1, -0.05) is 19.1 Å². The number of amidine groups is 1. The summed E-state index contributed by atoms with van der Waals surface area (Å²) in [6.07, 6.45) is 4.71. The number of nitrogens with zero attached hydrogens (tertiary/aromatic N) is 3. The van der Waals surface area contributed by atoms with Crippen LogP contribution in [0.15, 0.2) is 47.1 Å². The molecule has 0 atom stereocenters. The molecule has 0 radical (unpaired) electrons. The van der Waals surface area contributed by atoms with Crippen LogP contribution in [0.25, 0.3) is 17.3 Å². The number of hydrogen-bond donors (Lipinski definition) is 2. The third-order valence-corrected chi connectivity index (χ3v) is 3.69. The van der Waals surface area contributed by atoms with Crippen molar-refractivity contribution in [2.45, 2.75) is 19.8 Å². The maximum absolute atomic E-state index is 12.2. The van der Waals surface area contributed by atoms with Gasteiger partial charge >= 0.3 is 0 Å². The van der Waals surface area contributed by atoms with E-state index in [1.807, 2.05) is 43.3 Å². The lowest BCUT2D eigenvalue weighted by Gasteiger charge is -2.06. The van der Waals surface area contributed by atoms with Crippen LogP contribution in [0, 0.1) is 0 Å². The van der Waals surface area contributed by atoms with Crippen LogP contribution in [0.3, 0.4) is 0 Å². The Morgan fingerprint density at radius 1 is 1.33 bits per heavy atom. The van der Waals surface area contributed by atoms with E-state index in [2.05, 4.69) is 20.5 Å². The zero-order valence-electron chi connectivity index (χ0n) is 13.5. The third-order valence-electron chi connectivity index (χ3n) is 3.69. The van der Waals surface area contributed by atoms with Crippen LogP contribution in [0.1, 0.15) is 25.3 Å². The van der Waals surface area contributed by atoms with E-state index in [9.17, 15) is 4.79 Å². The van der Waals surface area contributed by atoms with E-state index in [1.54, 1.807) is 6.20 Å². The van der Waals surface area contributed by atoms with Gasteiger partial charge in [0.25, 0.3) is 0 Å². The lowest BCUT2D eigenvalue weighted by Crippen LogP contribution is -2.27. The van der Waals surface area contributed by atoms with Gasteiger partial charge in [-0.05, 0) is 30.7 Å². The van der Waals surface area contributed by atoms with Crippen molar-refractivity contribution in [3.8, 4) is 11.3 Å². The predicted octanol–water partition coefficient (Wildman–Crippen LogP) is 2.45. The summed E-state index contributed by atoms with van der Waals surface area (Å²) in [5.41, 5.74) is 9.89. The van der Waals surface area contributed by atoms with Gasteiger partial charge < -0.3 is 11.1 Å². The van der Waals surface area contributed by atoms with E-state index in [0.717, 1.165) is 28.9 Å². The SMILES string of the molecule is CCCNC(=O)C1=Cc2ccc(-c3cccnn3)cc2N=C(N)C1. The molecule has 0 saturated carbocycles. The molecule has 1 amide bonds. The van der Waals surface area contributed by atoms with Crippen LogP contribution >= 0.6 is 0 Å². The lowest BCUT2D eigenvalue weighted by molar-refractivity contribution is -0.117. The Hall–Kier alpha value is -3.02. The van der Waals surface area contributed by atoms with Gasteiger partial charge in [0.05, 0.1) is 11.4 Å². The van der Waals surface area contributed by atoms with E-state index < -0.39 is 0 Å². The van der Waals surface area contributed by atoms with E-state index in [-0.39, 0.29) is 5.91 Å². The van der Waals surface area contributed by atoms with Gasteiger partial charge in [-0.15, -0.1) is 0 Å². The Kier molecular flexibility index (Phi) is 4.65. The number of carbonyl (C=O) groups is 1. The quantitative estimate of drug-likeness (QED) is 0.904. The van der Waals surface area contributed by atoms with Crippen molar-refractivity contribution in [1.29, 1.82) is 0 Å². The fourth-order valence-corrected chi connectivity index (χ4v) is 2.50. The minimum absolute atomic E-state index is 0.0964. The first-order valence-electron chi connectivity index (χ1n) is 7.91. The Morgan fingerprint density at radius 2 is 2.21 bits per heavy atom. The van der Waals surface area contributed by atoms with Crippen molar-refractivity contribution in [3.63, 3.8) is 0 Å². The molecule has 1 aliphatic rings. The second kappa shape index (κ2) is 7.04. The monoisotopic (exact) mass is 321 g/mol. The van der Waals surface area contributed by atoms with Gasteiger partial charge in [0.2, 0.25) is 5.91 Å². The summed E-state index contributed by atoms with van der Waals surface area (Å²) < 4.78 is 0. The summed E-state index contributed by atoms with van der Waals surface area (Å²) in [5.74, 6) is 0.323. The molecule has 0 fully saturated rings. The fraction of sp³-hybridized carbons (Fsp3) is 0.222. The third kappa shape index (κ3) is 3.48. The smallest absolute Gasteiger partial charge is 0.247 e. The number of nitrogens with one attached hydrogen (secondary N) is 1. The summed E-state index contributed by atoms with van der Waals surface area (Å²) in [6.45, 7) is 2.66. The fourth-order valence-electron chi connectivity index (χ4n) is 2.50. The molecule has 0 bridgehead atoms. The van der Waals surface area contributed by atoms with Gasteiger partial charge in [0, 0.05) is 35.9 Å². The van der Waals surface area contributed by atoms with E-state index >= 15 is 0 Å². The number of fused-ring (bicyclic) bond motifs is 1. The van der Waals surface area contributed by atoms with Crippen LogP contribution in [0.5, 0.6) is 0 Å². The topological polar surface area (TPSA) is 93.3 Å². The molecular formula is C18H19N5O. The zero-order valence-corrected chi connectivity index (χ0v) is 13.5. The van der Waals surface area contributed by atoms with Gasteiger partial charge in [0.15, 0.2) is 0 Å². The molecule has 3 N–H and O–H groups in total. The van der Waals surface area contributed by atoms with Gasteiger partial charge in [0.1, 0.15) is 5.84 Å². The maximum Gasteiger partial charge on any atom is 0.247 e. The molecule has 6 nitrogen and oxygen atoms in total. The second-order valence-corrected chi connectivity index (χ2v) is 5.59. The minimum Gasteiger partial charge on any atom is -0.387 e. The van der Waals surface area contributed by atoms with Gasteiger partial charge in [-0.2, -0.15) is 10.2 Å². The molecule has 1 aromatic carbocycles. The van der Waals surface area contributed by atoms with Crippen molar-refractivity contribution in [2.75, 3.05) is 6.54 Å². The second-order valence-electron chi connectivity index (χ2n) is 5.59.